The van der Waals surface area contributed by atoms with Gasteiger partial charge in [-0.05, 0) is 72.5 Å². The van der Waals surface area contributed by atoms with Crippen molar-refractivity contribution < 1.29 is 4.79 Å². The monoisotopic (exact) mass is 379 g/mol. The molecular weight excluding hydrogens is 362 g/mol. The number of thiocarbonyl (C=S) groups is 1. The molecule has 26 heavy (non-hydrogen) atoms. The normalized spacial score (nSPS) is 18.8. The second-order valence-corrected chi connectivity index (χ2v) is 7.95. The first-order chi connectivity index (χ1) is 12.3. The number of aryl methyl sites for hydroxylation is 3. The number of benzene rings is 2. The average Bonchev–Trinajstić information content (AvgIpc) is 3.09. The van der Waals surface area contributed by atoms with Crippen molar-refractivity contribution in [3.8, 4) is 11.1 Å². The highest BCUT2D eigenvalue weighted by molar-refractivity contribution is 8.19. The minimum atomic E-state index is -0.180. The fourth-order valence-corrected chi connectivity index (χ4v) is 4.46. The fourth-order valence-electron chi connectivity index (χ4n) is 3.33. The van der Waals surface area contributed by atoms with E-state index in [1.807, 2.05) is 12.1 Å². The van der Waals surface area contributed by atoms with Crippen LogP contribution in [0.3, 0.4) is 0 Å². The molecule has 0 aliphatic carbocycles. The number of carbonyl (C=O) groups is 1. The van der Waals surface area contributed by atoms with Crippen LogP contribution in [0.1, 0.15) is 27.8 Å². The Hall–Kier alpha value is -2.44. The Kier molecular flexibility index (Phi) is 3.97. The summed E-state index contributed by atoms with van der Waals surface area (Å²) in [4.78, 5) is 12.8. The molecule has 2 heterocycles. The van der Waals surface area contributed by atoms with Crippen molar-refractivity contribution in [2.75, 3.05) is 0 Å². The van der Waals surface area contributed by atoms with Crippen molar-refractivity contribution in [2.45, 2.75) is 20.8 Å². The number of rotatable bonds is 1. The highest BCUT2D eigenvalue weighted by atomic mass is 32.2. The van der Waals surface area contributed by atoms with Gasteiger partial charge in [0.15, 0.2) is 0 Å². The Labute approximate surface area is 161 Å². The molecule has 0 aromatic heterocycles. The molecule has 0 radical (unpaired) electrons. The van der Waals surface area contributed by atoms with E-state index in [2.05, 4.69) is 49.6 Å². The second kappa shape index (κ2) is 6.07. The fraction of sp³-hybridized carbons (Fsp3) is 0.150. The Bertz CT molecular complexity index is 1050. The third kappa shape index (κ3) is 2.66. The zero-order valence-corrected chi connectivity index (χ0v) is 16.2. The van der Waals surface area contributed by atoms with Gasteiger partial charge in [0, 0.05) is 11.1 Å². The zero-order chi connectivity index (χ0) is 18.6. The smallest absolute Gasteiger partial charge is 0.289 e. The van der Waals surface area contributed by atoms with Crippen molar-refractivity contribution in [2.24, 2.45) is 0 Å². The van der Waals surface area contributed by atoms with Crippen LogP contribution in [0.4, 0.5) is 4.79 Å². The van der Waals surface area contributed by atoms with Crippen LogP contribution < -0.4 is 10.6 Å². The van der Waals surface area contributed by atoms with Gasteiger partial charge in [0.05, 0.1) is 10.6 Å². The van der Waals surface area contributed by atoms with E-state index >= 15 is 0 Å². The SMILES string of the molecule is Cc1cc(C)c(-c2ccc3c(c2)C(=C2SC(=O)NC2=S)NC3=N)cc1C. The van der Waals surface area contributed by atoms with Gasteiger partial charge in [-0.1, -0.05) is 30.4 Å². The quantitative estimate of drug-likeness (QED) is 0.498. The predicted molar refractivity (Wildman–Crippen MR) is 112 cm³/mol. The van der Waals surface area contributed by atoms with Gasteiger partial charge in [0.1, 0.15) is 10.8 Å². The number of thioether (sulfide) groups is 1. The lowest BCUT2D eigenvalue weighted by Gasteiger charge is -2.12. The molecule has 0 bridgehead atoms. The van der Waals surface area contributed by atoms with E-state index in [1.165, 1.54) is 22.3 Å². The minimum Gasteiger partial charge on any atom is -0.339 e. The molecule has 3 N–H and O–H groups in total. The summed E-state index contributed by atoms with van der Waals surface area (Å²) in [6, 6.07) is 10.5. The number of fused-ring (bicyclic) bond motifs is 1. The number of hydrogen-bond acceptors (Lipinski definition) is 4. The summed E-state index contributed by atoms with van der Waals surface area (Å²) in [5, 5.41) is 13.8. The maximum absolute atomic E-state index is 11.7. The first-order valence-corrected chi connectivity index (χ1v) is 9.43. The van der Waals surface area contributed by atoms with E-state index in [0.717, 1.165) is 34.1 Å². The molecule has 130 valence electrons. The molecule has 1 saturated heterocycles. The first-order valence-electron chi connectivity index (χ1n) is 8.21. The molecule has 2 aromatic carbocycles. The van der Waals surface area contributed by atoms with Gasteiger partial charge in [-0.2, -0.15) is 0 Å². The van der Waals surface area contributed by atoms with Crippen LogP contribution in [-0.4, -0.2) is 16.1 Å². The van der Waals surface area contributed by atoms with Crippen molar-refractivity contribution in [1.29, 1.82) is 5.41 Å². The van der Waals surface area contributed by atoms with Crippen LogP contribution in [0.15, 0.2) is 35.2 Å². The van der Waals surface area contributed by atoms with E-state index in [-0.39, 0.29) is 5.24 Å². The summed E-state index contributed by atoms with van der Waals surface area (Å²) in [5.74, 6) is 0.327. The van der Waals surface area contributed by atoms with E-state index in [1.54, 1.807) is 0 Å². The second-order valence-electron chi connectivity index (χ2n) is 6.56. The molecule has 2 aromatic rings. The lowest BCUT2D eigenvalue weighted by atomic mass is 9.93. The topological polar surface area (TPSA) is 65.0 Å². The third-order valence-electron chi connectivity index (χ3n) is 4.80. The van der Waals surface area contributed by atoms with Gasteiger partial charge in [-0.3, -0.25) is 10.2 Å². The number of amidine groups is 1. The molecular formula is C20H17N3OS2. The van der Waals surface area contributed by atoms with Crippen molar-refractivity contribution in [1.82, 2.24) is 10.6 Å². The van der Waals surface area contributed by atoms with E-state index < -0.39 is 0 Å². The van der Waals surface area contributed by atoms with Gasteiger partial charge in [-0.15, -0.1) is 0 Å². The van der Waals surface area contributed by atoms with Crippen LogP contribution in [-0.2, 0) is 0 Å². The highest BCUT2D eigenvalue weighted by Crippen LogP contribution is 2.38. The van der Waals surface area contributed by atoms with Crippen LogP contribution in [0.2, 0.25) is 0 Å². The lowest BCUT2D eigenvalue weighted by molar-refractivity contribution is 0.265. The van der Waals surface area contributed by atoms with Gasteiger partial charge in [-0.25, -0.2) is 0 Å². The lowest BCUT2D eigenvalue weighted by Crippen LogP contribution is -2.18. The molecule has 0 spiro atoms. The standard InChI is InChI=1S/C20H17N3OS2/c1-9-6-11(3)14(7-10(9)2)12-4-5-13-15(8-12)16(22-18(13)21)17-19(25)23-20(24)26-17/h4-8H,1-3H3,(H2,21,22)(H,23,24,25). The molecule has 0 unspecified atom stereocenters. The molecule has 4 nitrogen and oxygen atoms in total. The third-order valence-corrected chi connectivity index (χ3v) is 6.14. The summed E-state index contributed by atoms with van der Waals surface area (Å²) in [7, 11) is 0. The van der Waals surface area contributed by atoms with Crippen LogP contribution in [0, 0.1) is 26.2 Å². The van der Waals surface area contributed by atoms with Gasteiger partial charge < -0.3 is 10.6 Å². The summed E-state index contributed by atoms with van der Waals surface area (Å²) in [6.07, 6.45) is 0. The van der Waals surface area contributed by atoms with Crippen molar-refractivity contribution >= 4 is 45.7 Å². The number of nitrogens with one attached hydrogen (secondary N) is 3. The van der Waals surface area contributed by atoms with Gasteiger partial charge in [0.25, 0.3) is 5.24 Å². The zero-order valence-electron chi connectivity index (χ0n) is 14.6. The van der Waals surface area contributed by atoms with E-state index in [0.29, 0.717) is 15.7 Å². The summed E-state index contributed by atoms with van der Waals surface area (Å²) < 4.78 is 0. The largest absolute Gasteiger partial charge is 0.339 e. The Morgan fingerprint density at radius 3 is 2.35 bits per heavy atom. The Morgan fingerprint density at radius 2 is 1.65 bits per heavy atom. The van der Waals surface area contributed by atoms with Gasteiger partial charge >= 0.3 is 0 Å². The molecule has 2 aliphatic rings. The van der Waals surface area contributed by atoms with Crippen molar-refractivity contribution in [3.05, 3.63) is 63.1 Å². The molecule has 1 fully saturated rings. The molecule has 0 atom stereocenters. The van der Waals surface area contributed by atoms with E-state index in [4.69, 9.17) is 17.6 Å². The number of hydrogen-bond donors (Lipinski definition) is 3. The summed E-state index contributed by atoms with van der Waals surface area (Å²) in [6.45, 7) is 6.34. The van der Waals surface area contributed by atoms with Crippen LogP contribution in [0.25, 0.3) is 16.8 Å². The van der Waals surface area contributed by atoms with Crippen LogP contribution >= 0.6 is 24.0 Å². The van der Waals surface area contributed by atoms with E-state index in [9.17, 15) is 4.79 Å². The maximum Gasteiger partial charge on any atom is 0.289 e. The molecule has 4 rings (SSSR count). The van der Waals surface area contributed by atoms with Gasteiger partial charge in [0.2, 0.25) is 0 Å². The molecule has 0 saturated carbocycles. The first kappa shape index (κ1) is 17.0. The molecule has 2 aliphatic heterocycles. The minimum absolute atomic E-state index is 0.180. The maximum atomic E-state index is 11.7. The van der Waals surface area contributed by atoms with Crippen molar-refractivity contribution in [3.63, 3.8) is 0 Å². The Balaban J connectivity index is 1.90. The van der Waals surface area contributed by atoms with Crippen LogP contribution in [0.5, 0.6) is 0 Å². The summed E-state index contributed by atoms with van der Waals surface area (Å²) >= 11 is 6.35. The Morgan fingerprint density at radius 1 is 0.923 bits per heavy atom. The number of amides is 1. The predicted octanol–water partition coefficient (Wildman–Crippen LogP) is 4.66. The number of carbonyl (C=O) groups excluding carboxylic acids is 1. The average molecular weight is 380 g/mol. The highest BCUT2D eigenvalue weighted by Gasteiger charge is 2.31. The molecule has 1 amide bonds. The summed E-state index contributed by atoms with van der Waals surface area (Å²) in [5.41, 5.74) is 8.47. The molecule has 6 heteroatoms.